The van der Waals surface area contributed by atoms with Gasteiger partial charge in [-0.1, -0.05) is 83.9 Å². The van der Waals surface area contributed by atoms with Gasteiger partial charge in [-0.3, -0.25) is 14.4 Å². The van der Waals surface area contributed by atoms with Crippen molar-refractivity contribution in [1.29, 1.82) is 0 Å². The molecule has 7 nitrogen and oxygen atoms in total. The Bertz CT molecular complexity index is 1460. The van der Waals surface area contributed by atoms with Gasteiger partial charge >= 0.3 is 5.97 Å². The zero-order valence-corrected chi connectivity index (χ0v) is 21.0. The van der Waals surface area contributed by atoms with Crippen molar-refractivity contribution >= 4 is 40.9 Å². The van der Waals surface area contributed by atoms with Gasteiger partial charge in [-0.15, -0.1) is 0 Å². The van der Waals surface area contributed by atoms with Crippen LogP contribution in [0.25, 0.3) is 0 Å². The minimum atomic E-state index is -2.38. The predicted molar refractivity (Wildman–Crippen MR) is 134 cm³/mol. The van der Waals surface area contributed by atoms with Crippen molar-refractivity contribution in [3.8, 4) is 0 Å². The van der Waals surface area contributed by atoms with Crippen LogP contribution >= 0.6 is 23.2 Å². The van der Waals surface area contributed by atoms with E-state index in [1.165, 1.54) is 18.2 Å². The molecule has 2 saturated heterocycles. The second kappa shape index (κ2) is 8.39. The summed E-state index contributed by atoms with van der Waals surface area (Å²) in [6.07, 6.45) is -1.10. The fourth-order valence-corrected chi connectivity index (χ4v) is 6.14. The largest absolute Gasteiger partial charge is 0.425 e. The molecule has 2 N–H and O–H groups in total. The number of rotatable bonds is 4. The van der Waals surface area contributed by atoms with E-state index in [1.807, 2.05) is 37.3 Å². The maximum atomic E-state index is 13.9. The van der Waals surface area contributed by atoms with Gasteiger partial charge in [0.2, 0.25) is 17.3 Å². The van der Waals surface area contributed by atoms with Crippen LogP contribution in [0.3, 0.4) is 0 Å². The van der Waals surface area contributed by atoms with Gasteiger partial charge in [-0.25, -0.2) is 0 Å². The molecule has 0 saturated carbocycles. The lowest BCUT2D eigenvalue weighted by Crippen LogP contribution is -2.53. The number of Topliss-reactive ketones (excluding diaryl/α,β-unsaturated/α-hetero) is 1. The average molecular weight is 538 g/mol. The number of nitrogens with one attached hydrogen (secondary N) is 1. The number of amides is 1. The first-order valence-corrected chi connectivity index (χ1v) is 12.5. The Morgan fingerprint density at radius 2 is 1.70 bits per heavy atom. The van der Waals surface area contributed by atoms with Crippen molar-refractivity contribution in [1.82, 2.24) is 5.32 Å². The molecule has 1 aliphatic carbocycles. The van der Waals surface area contributed by atoms with E-state index in [0.29, 0.717) is 10.6 Å². The molecule has 188 valence electrons. The van der Waals surface area contributed by atoms with Crippen LogP contribution in [0.5, 0.6) is 0 Å². The molecule has 6 rings (SSSR count). The third-order valence-corrected chi connectivity index (χ3v) is 8.29. The number of hydrogen-bond acceptors (Lipinski definition) is 6. The van der Waals surface area contributed by atoms with E-state index in [0.717, 1.165) is 5.56 Å². The molecule has 1 amide bonds. The van der Waals surface area contributed by atoms with Crippen LogP contribution in [0.4, 0.5) is 0 Å². The van der Waals surface area contributed by atoms with E-state index in [4.69, 9.17) is 32.7 Å². The number of fused-ring (bicyclic) bond motifs is 2. The van der Waals surface area contributed by atoms with Crippen molar-refractivity contribution in [3.05, 3.63) is 105 Å². The van der Waals surface area contributed by atoms with E-state index >= 15 is 0 Å². The minimum absolute atomic E-state index is 0.127. The Labute approximate surface area is 222 Å². The summed E-state index contributed by atoms with van der Waals surface area (Å²) in [5.41, 5.74) is -0.547. The van der Waals surface area contributed by atoms with Crippen molar-refractivity contribution in [2.24, 2.45) is 11.8 Å². The van der Waals surface area contributed by atoms with Gasteiger partial charge in [0.25, 0.3) is 5.79 Å². The van der Waals surface area contributed by atoms with E-state index in [9.17, 15) is 19.5 Å². The Morgan fingerprint density at radius 3 is 2.43 bits per heavy atom. The number of carbonyl (C=O) groups is 3. The third-order valence-electron chi connectivity index (χ3n) is 7.55. The van der Waals surface area contributed by atoms with Crippen molar-refractivity contribution in [3.63, 3.8) is 0 Å². The van der Waals surface area contributed by atoms with Gasteiger partial charge in [0.15, 0.2) is 0 Å². The number of aliphatic hydroxyl groups is 1. The van der Waals surface area contributed by atoms with Crippen molar-refractivity contribution < 1.29 is 29.0 Å². The van der Waals surface area contributed by atoms with E-state index in [2.05, 4.69) is 5.32 Å². The van der Waals surface area contributed by atoms with Gasteiger partial charge in [0, 0.05) is 11.1 Å². The molecule has 1 spiro atoms. The SMILES string of the molecule is C[C@@H](NC(=O)[C@H]1[C@@H](c2ccc(Cl)c(Cl)c2)O[C@@]23C(=O)c4ccccc4[C@]2(O)OC(=O)[C@@H]13)c1ccccc1. The van der Waals surface area contributed by atoms with Gasteiger partial charge in [0.05, 0.1) is 28.1 Å². The lowest BCUT2D eigenvalue weighted by atomic mass is 9.75. The number of esters is 1. The summed E-state index contributed by atoms with van der Waals surface area (Å²) in [7, 11) is 0. The molecule has 0 radical (unpaired) electrons. The first-order valence-electron chi connectivity index (χ1n) is 11.8. The molecule has 3 aromatic carbocycles. The summed E-state index contributed by atoms with van der Waals surface area (Å²) in [6, 6.07) is 19.9. The predicted octanol–water partition coefficient (Wildman–Crippen LogP) is 4.51. The van der Waals surface area contributed by atoms with Crippen molar-refractivity contribution in [2.75, 3.05) is 0 Å². The molecule has 6 atom stereocenters. The van der Waals surface area contributed by atoms with Crippen LogP contribution in [0, 0.1) is 11.8 Å². The topological polar surface area (TPSA) is 102 Å². The molecule has 0 unspecified atom stereocenters. The second-order valence-electron chi connectivity index (χ2n) is 9.53. The highest BCUT2D eigenvalue weighted by atomic mass is 35.5. The molecular weight excluding hydrogens is 517 g/mol. The van der Waals surface area contributed by atoms with Crippen LogP contribution in [0.2, 0.25) is 10.0 Å². The summed E-state index contributed by atoms with van der Waals surface area (Å²) < 4.78 is 11.8. The van der Waals surface area contributed by atoms with Gasteiger partial charge in [-0.2, -0.15) is 0 Å². The lowest BCUT2D eigenvalue weighted by molar-refractivity contribution is -0.253. The highest BCUT2D eigenvalue weighted by Crippen LogP contribution is 2.65. The Morgan fingerprint density at radius 1 is 1.00 bits per heavy atom. The number of benzene rings is 3. The normalized spacial score (nSPS) is 30.3. The van der Waals surface area contributed by atoms with Gasteiger partial charge in [-0.05, 0) is 30.2 Å². The smallest absolute Gasteiger partial charge is 0.316 e. The molecule has 2 aliphatic heterocycles. The lowest BCUT2D eigenvalue weighted by Gasteiger charge is -2.31. The maximum Gasteiger partial charge on any atom is 0.316 e. The summed E-state index contributed by atoms with van der Waals surface area (Å²) in [5, 5.41) is 15.2. The monoisotopic (exact) mass is 537 g/mol. The van der Waals surface area contributed by atoms with E-state index in [1.54, 1.807) is 24.3 Å². The van der Waals surface area contributed by atoms with E-state index < -0.39 is 53.0 Å². The molecular formula is C28H21Cl2NO6. The summed E-state index contributed by atoms with van der Waals surface area (Å²) in [6.45, 7) is 1.81. The first-order chi connectivity index (χ1) is 17.7. The molecule has 2 fully saturated rings. The van der Waals surface area contributed by atoms with E-state index in [-0.39, 0.29) is 16.1 Å². The quantitative estimate of drug-likeness (QED) is 0.474. The molecule has 0 bridgehead atoms. The minimum Gasteiger partial charge on any atom is -0.425 e. The number of ether oxygens (including phenoxy) is 2. The number of halogens is 2. The van der Waals surface area contributed by atoms with Gasteiger partial charge < -0.3 is 19.9 Å². The highest BCUT2D eigenvalue weighted by molar-refractivity contribution is 6.42. The third kappa shape index (κ3) is 3.25. The summed E-state index contributed by atoms with van der Waals surface area (Å²) in [5.74, 6) is -7.02. The Kier molecular flexibility index (Phi) is 5.47. The van der Waals surface area contributed by atoms with Crippen LogP contribution in [-0.4, -0.2) is 28.4 Å². The zero-order chi connectivity index (χ0) is 26.1. The van der Waals surface area contributed by atoms with Gasteiger partial charge in [0.1, 0.15) is 5.92 Å². The summed E-state index contributed by atoms with van der Waals surface area (Å²) in [4.78, 5) is 41.1. The molecule has 2 heterocycles. The van der Waals surface area contributed by atoms with Crippen LogP contribution in [-0.2, 0) is 24.8 Å². The standard InChI is InChI=1S/C28H21Cl2NO6/c1-14(15-7-3-2-4-8-15)31-25(33)21-22-26(34)37-28(35)18-10-6-5-9-17(18)24(32)27(22,28)36-23(21)16-11-12-19(29)20(30)13-16/h2-14,21-23,35H,1H3,(H,31,33)/t14-,21-,22-,23-,27+,28+/m1/s1. The Hall–Kier alpha value is -3.23. The average Bonchev–Trinajstić information content (AvgIpc) is 3.43. The van der Waals surface area contributed by atoms with Crippen molar-refractivity contribution in [2.45, 2.75) is 30.5 Å². The number of carbonyl (C=O) groups excluding carboxylic acids is 3. The fourth-order valence-electron chi connectivity index (χ4n) is 5.83. The molecule has 0 aromatic heterocycles. The first kappa shape index (κ1) is 24.1. The molecule has 3 aromatic rings. The van der Waals surface area contributed by atoms with Crippen LogP contribution < -0.4 is 5.32 Å². The highest BCUT2D eigenvalue weighted by Gasteiger charge is 2.83. The molecule has 37 heavy (non-hydrogen) atoms. The maximum absolute atomic E-state index is 13.9. The summed E-state index contributed by atoms with van der Waals surface area (Å²) >= 11 is 12.4. The molecule has 9 heteroatoms. The number of ketones is 1. The van der Waals surface area contributed by atoms with Crippen LogP contribution in [0.15, 0.2) is 72.8 Å². The zero-order valence-electron chi connectivity index (χ0n) is 19.5. The fraction of sp³-hybridized carbons (Fsp3) is 0.250. The second-order valence-corrected chi connectivity index (χ2v) is 10.3. The molecule has 3 aliphatic rings. The Balaban J connectivity index is 1.48. The number of hydrogen-bond donors (Lipinski definition) is 2. The van der Waals surface area contributed by atoms with Crippen LogP contribution in [0.1, 0.15) is 46.1 Å².